The van der Waals surface area contributed by atoms with Gasteiger partial charge in [-0.15, -0.1) is 0 Å². The molecular formula is C14H12O3. The fourth-order valence-electron chi connectivity index (χ4n) is 1.50. The number of phenols is 1. The highest BCUT2D eigenvalue weighted by atomic mass is 16.3. The van der Waals surface area contributed by atoms with Gasteiger partial charge in [-0.1, -0.05) is 36.1 Å². The number of aromatic hydroxyl groups is 1. The Kier molecular flexibility index (Phi) is 3.29. The van der Waals surface area contributed by atoms with Crippen LogP contribution in [0.25, 0.3) is 0 Å². The molecule has 3 N–H and O–H groups in total. The lowest BCUT2D eigenvalue weighted by Crippen LogP contribution is -2.27. The first-order valence-electron chi connectivity index (χ1n) is 5.23. The molecule has 1 aliphatic rings. The summed E-state index contributed by atoms with van der Waals surface area (Å²) < 4.78 is 0. The van der Waals surface area contributed by atoms with E-state index in [1.54, 1.807) is 36.4 Å². The largest absolute Gasteiger partial charge is 0.507 e. The Morgan fingerprint density at radius 1 is 1.06 bits per heavy atom. The van der Waals surface area contributed by atoms with E-state index in [2.05, 4.69) is 11.8 Å². The Bertz CT molecular complexity index is 532. The molecule has 0 amide bonds. The topological polar surface area (TPSA) is 60.7 Å². The average molecular weight is 228 g/mol. The van der Waals surface area contributed by atoms with E-state index in [0.717, 1.165) is 0 Å². The minimum Gasteiger partial charge on any atom is -0.507 e. The zero-order chi connectivity index (χ0) is 12.3. The average Bonchev–Trinajstić information content (AvgIpc) is 2.33. The van der Waals surface area contributed by atoms with Crippen LogP contribution >= 0.6 is 0 Å². The summed E-state index contributed by atoms with van der Waals surface area (Å²) in [4.78, 5) is 0. The lowest BCUT2D eigenvalue weighted by molar-refractivity contribution is 0.0745. The Balaban J connectivity index is 2.26. The van der Waals surface area contributed by atoms with Crippen molar-refractivity contribution >= 4 is 0 Å². The van der Waals surface area contributed by atoms with Crippen LogP contribution < -0.4 is 0 Å². The highest BCUT2D eigenvalue weighted by molar-refractivity contribution is 5.50. The summed E-state index contributed by atoms with van der Waals surface area (Å²) in [5, 5.41) is 28.6. The van der Waals surface area contributed by atoms with Gasteiger partial charge in [-0.2, -0.15) is 0 Å². The smallest absolute Gasteiger partial charge is 0.131 e. The third kappa shape index (κ3) is 2.56. The van der Waals surface area contributed by atoms with Gasteiger partial charge in [-0.25, -0.2) is 0 Å². The van der Waals surface area contributed by atoms with E-state index >= 15 is 0 Å². The van der Waals surface area contributed by atoms with Gasteiger partial charge in [0, 0.05) is 5.57 Å². The number of hydrogen-bond donors (Lipinski definition) is 3. The van der Waals surface area contributed by atoms with Crippen molar-refractivity contribution in [1.29, 1.82) is 0 Å². The molecule has 0 fully saturated rings. The monoisotopic (exact) mass is 228 g/mol. The molecule has 1 aromatic rings. The lowest BCUT2D eigenvalue weighted by atomic mass is 9.99. The van der Waals surface area contributed by atoms with Crippen molar-refractivity contribution in [2.24, 2.45) is 0 Å². The fourth-order valence-corrected chi connectivity index (χ4v) is 1.50. The summed E-state index contributed by atoms with van der Waals surface area (Å²) in [6.07, 6.45) is 2.86. The number of aliphatic hydroxyl groups is 2. The van der Waals surface area contributed by atoms with E-state index in [1.807, 2.05) is 0 Å². The van der Waals surface area contributed by atoms with Crippen LogP contribution in [0.5, 0.6) is 5.75 Å². The zero-order valence-electron chi connectivity index (χ0n) is 9.04. The second-order valence-electron chi connectivity index (χ2n) is 3.71. The summed E-state index contributed by atoms with van der Waals surface area (Å²) in [7, 11) is 0. The highest BCUT2D eigenvalue weighted by Crippen LogP contribution is 2.16. The summed E-state index contributed by atoms with van der Waals surface area (Å²) in [6.45, 7) is 0. The second-order valence-corrected chi connectivity index (χ2v) is 3.71. The van der Waals surface area contributed by atoms with Crippen LogP contribution in [0.1, 0.15) is 5.56 Å². The zero-order valence-corrected chi connectivity index (χ0v) is 9.04. The maximum absolute atomic E-state index is 9.65. The molecule has 0 radical (unpaired) electrons. The Hall–Kier alpha value is -2.02. The van der Waals surface area contributed by atoms with Crippen LogP contribution in [0.4, 0.5) is 0 Å². The molecule has 86 valence electrons. The minimum absolute atomic E-state index is 0.0991. The van der Waals surface area contributed by atoms with Crippen molar-refractivity contribution < 1.29 is 15.3 Å². The van der Waals surface area contributed by atoms with Crippen molar-refractivity contribution in [3.63, 3.8) is 0 Å². The SMILES string of the molecule is Oc1ccccc1C#CC1=CC=C[C@@H](O)[C@H]1O. The van der Waals surface area contributed by atoms with Gasteiger partial charge in [0.2, 0.25) is 0 Å². The van der Waals surface area contributed by atoms with Crippen molar-refractivity contribution in [1.82, 2.24) is 0 Å². The maximum atomic E-state index is 9.65. The van der Waals surface area contributed by atoms with Gasteiger partial charge in [-0.3, -0.25) is 0 Å². The third-order valence-electron chi connectivity index (χ3n) is 2.47. The number of para-hydroxylation sites is 1. The van der Waals surface area contributed by atoms with Crippen LogP contribution in [0, 0.1) is 11.8 Å². The Labute approximate surface area is 99.3 Å². The normalized spacial score (nSPS) is 22.6. The van der Waals surface area contributed by atoms with Gasteiger partial charge in [0.25, 0.3) is 0 Å². The molecule has 0 unspecified atom stereocenters. The maximum Gasteiger partial charge on any atom is 0.131 e. The molecule has 3 nitrogen and oxygen atoms in total. The number of rotatable bonds is 0. The second kappa shape index (κ2) is 4.88. The predicted octanol–water partition coefficient (Wildman–Crippen LogP) is 0.962. The molecule has 0 aromatic heterocycles. The summed E-state index contributed by atoms with van der Waals surface area (Å²) in [6, 6.07) is 6.71. The number of benzene rings is 1. The Morgan fingerprint density at radius 2 is 1.82 bits per heavy atom. The first-order chi connectivity index (χ1) is 8.18. The summed E-state index contributed by atoms with van der Waals surface area (Å²) >= 11 is 0. The van der Waals surface area contributed by atoms with E-state index in [0.29, 0.717) is 11.1 Å². The predicted molar refractivity (Wildman–Crippen MR) is 64.2 cm³/mol. The van der Waals surface area contributed by atoms with Crippen LogP contribution in [-0.4, -0.2) is 27.5 Å². The number of allylic oxidation sites excluding steroid dienone is 2. The Morgan fingerprint density at radius 3 is 2.59 bits per heavy atom. The first-order valence-corrected chi connectivity index (χ1v) is 5.23. The third-order valence-corrected chi connectivity index (χ3v) is 2.47. The van der Waals surface area contributed by atoms with Crippen molar-refractivity contribution in [2.45, 2.75) is 12.2 Å². The molecule has 1 aromatic carbocycles. The van der Waals surface area contributed by atoms with Crippen LogP contribution in [-0.2, 0) is 0 Å². The van der Waals surface area contributed by atoms with Gasteiger partial charge >= 0.3 is 0 Å². The molecule has 0 saturated carbocycles. The molecule has 3 heteroatoms. The fraction of sp³-hybridized carbons (Fsp3) is 0.143. The molecule has 0 heterocycles. The molecule has 17 heavy (non-hydrogen) atoms. The van der Waals surface area contributed by atoms with Gasteiger partial charge in [0.05, 0.1) is 5.56 Å². The standard InChI is InChI=1S/C14H12O3/c15-12-6-2-1-4-10(12)8-9-11-5-3-7-13(16)14(11)17/h1-7,13-17H/t13-,14+/m1/s1. The van der Waals surface area contributed by atoms with E-state index in [4.69, 9.17) is 0 Å². The van der Waals surface area contributed by atoms with Crippen LogP contribution in [0.3, 0.4) is 0 Å². The van der Waals surface area contributed by atoms with Crippen LogP contribution in [0.2, 0.25) is 0 Å². The molecule has 2 rings (SSSR count). The van der Waals surface area contributed by atoms with Crippen molar-refractivity contribution in [2.75, 3.05) is 0 Å². The lowest BCUT2D eigenvalue weighted by Gasteiger charge is -2.16. The number of phenolic OH excluding ortho intramolecular Hbond substituents is 1. The summed E-state index contributed by atoms with van der Waals surface area (Å²) in [5.74, 6) is 5.61. The molecule has 1 aliphatic carbocycles. The van der Waals surface area contributed by atoms with Crippen LogP contribution in [0.15, 0.2) is 48.1 Å². The van der Waals surface area contributed by atoms with Crippen molar-refractivity contribution in [3.8, 4) is 17.6 Å². The first kappa shape index (κ1) is 11.5. The minimum atomic E-state index is -1.00. The number of hydrogen-bond acceptors (Lipinski definition) is 3. The summed E-state index contributed by atoms with van der Waals surface area (Å²) in [5.41, 5.74) is 0.924. The molecule has 0 spiro atoms. The molecule has 2 atom stereocenters. The quantitative estimate of drug-likeness (QED) is 0.580. The van der Waals surface area contributed by atoms with E-state index in [-0.39, 0.29) is 5.75 Å². The molecule has 0 saturated heterocycles. The number of aliphatic hydroxyl groups excluding tert-OH is 2. The van der Waals surface area contributed by atoms with Gasteiger partial charge in [0.1, 0.15) is 18.0 Å². The van der Waals surface area contributed by atoms with E-state index in [1.165, 1.54) is 6.08 Å². The van der Waals surface area contributed by atoms with E-state index < -0.39 is 12.2 Å². The van der Waals surface area contributed by atoms with E-state index in [9.17, 15) is 15.3 Å². The highest BCUT2D eigenvalue weighted by Gasteiger charge is 2.19. The molecular weight excluding hydrogens is 216 g/mol. The molecule has 0 bridgehead atoms. The molecule has 0 aliphatic heterocycles. The van der Waals surface area contributed by atoms with Gasteiger partial charge < -0.3 is 15.3 Å². The van der Waals surface area contributed by atoms with Gasteiger partial charge in [-0.05, 0) is 18.2 Å². The van der Waals surface area contributed by atoms with Gasteiger partial charge in [0.15, 0.2) is 0 Å². The van der Waals surface area contributed by atoms with Crippen molar-refractivity contribution in [3.05, 3.63) is 53.6 Å².